The second kappa shape index (κ2) is 11.2. The van der Waals surface area contributed by atoms with Gasteiger partial charge >= 0.3 is 0 Å². The number of aromatic nitrogens is 4. The van der Waals surface area contributed by atoms with Gasteiger partial charge in [0.15, 0.2) is 17.5 Å². The highest BCUT2D eigenvalue weighted by Gasteiger charge is 2.18. The first-order valence-electron chi connectivity index (χ1n) is 15.8. The van der Waals surface area contributed by atoms with Gasteiger partial charge in [0.1, 0.15) is 0 Å². The molecule has 0 amide bonds. The molecular weight excluding hydrogens is 573 g/mol. The van der Waals surface area contributed by atoms with E-state index in [1.807, 2.05) is 30.3 Å². The van der Waals surface area contributed by atoms with E-state index in [9.17, 15) is 0 Å². The topological polar surface area (TPSA) is 43.6 Å². The monoisotopic (exact) mass is 600 g/mol. The molecule has 0 spiro atoms. The molecule has 0 unspecified atom stereocenters. The maximum atomic E-state index is 5.14. The number of fused-ring (bicyclic) bond motifs is 4. The third kappa shape index (κ3) is 4.75. The van der Waals surface area contributed by atoms with E-state index >= 15 is 0 Å². The summed E-state index contributed by atoms with van der Waals surface area (Å²) in [4.78, 5) is 15.2. The van der Waals surface area contributed by atoms with Crippen LogP contribution < -0.4 is 0 Å². The summed E-state index contributed by atoms with van der Waals surface area (Å²) in [7, 11) is 0. The molecule has 0 N–H and O–H groups in total. The summed E-state index contributed by atoms with van der Waals surface area (Å²) in [6.07, 6.45) is 0. The Morgan fingerprint density at radius 1 is 0.340 bits per heavy atom. The summed E-state index contributed by atoms with van der Waals surface area (Å²) in [6.45, 7) is 0. The molecule has 0 fully saturated rings. The molecule has 0 aliphatic carbocycles. The zero-order valence-electron chi connectivity index (χ0n) is 25.5. The van der Waals surface area contributed by atoms with Gasteiger partial charge in [-0.25, -0.2) is 15.0 Å². The van der Waals surface area contributed by atoms with Gasteiger partial charge in [-0.1, -0.05) is 140 Å². The van der Waals surface area contributed by atoms with Crippen LogP contribution in [0.2, 0.25) is 0 Å². The maximum absolute atomic E-state index is 5.14. The van der Waals surface area contributed by atoms with Crippen molar-refractivity contribution in [2.75, 3.05) is 0 Å². The van der Waals surface area contributed by atoms with Crippen LogP contribution in [-0.4, -0.2) is 19.5 Å². The van der Waals surface area contributed by atoms with Gasteiger partial charge in [0, 0.05) is 27.5 Å². The lowest BCUT2D eigenvalue weighted by atomic mass is 10.00. The van der Waals surface area contributed by atoms with E-state index in [0.717, 1.165) is 39.0 Å². The summed E-state index contributed by atoms with van der Waals surface area (Å²) in [5.74, 6) is 1.90. The SMILES string of the molecule is c1ccc(-c2nc(-c3ccc(-c4ccc5ccccc5c4)cc3)nc(-c3ccccc3-n3c4ccccc4c4ccccc43)n2)cc1. The molecule has 0 radical (unpaired) electrons. The molecular formula is C43H28N4. The number of hydrogen-bond donors (Lipinski definition) is 0. The predicted molar refractivity (Wildman–Crippen MR) is 193 cm³/mol. The van der Waals surface area contributed by atoms with Crippen molar-refractivity contribution in [3.05, 3.63) is 170 Å². The highest BCUT2D eigenvalue weighted by atomic mass is 15.1. The van der Waals surface area contributed by atoms with Crippen LogP contribution in [0.4, 0.5) is 0 Å². The van der Waals surface area contributed by atoms with Gasteiger partial charge in [-0.15, -0.1) is 0 Å². The Kier molecular flexibility index (Phi) is 6.43. The van der Waals surface area contributed by atoms with E-state index in [0.29, 0.717) is 17.5 Å². The third-order valence-corrected chi connectivity index (χ3v) is 8.86. The van der Waals surface area contributed by atoms with Gasteiger partial charge in [0.05, 0.1) is 16.7 Å². The normalized spacial score (nSPS) is 11.4. The second-order valence-corrected chi connectivity index (χ2v) is 11.7. The molecule has 4 nitrogen and oxygen atoms in total. The third-order valence-electron chi connectivity index (χ3n) is 8.86. The van der Waals surface area contributed by atoms with Crippen LogP contribution >= 0.6 is 0 Å². The van der Waals surface area contributed by atoms with Crippen LogP contribution in [0.15, 0.2) is 170 Å². The Bertz CT molecular complexity index is 2510. The van der Waals surface area contributed by atoms with Crippen molar-refractivity contribution in [3.8, 4) is 51.0 Å². The average Bonchev–Trinajstić information content (AvgIpc) is 3.49. The van der Waals surface area contributed by atoms with Crippen molar-refractivity contribution < 1.29 is 0 Å². The Morgan fingerprint density at radius 2 is 0.851 bits per heavy atom. The molecule has 0 saturated carbocycles. The Labute approximate surface area is 272 Å². The van der Waals surface area contributed by atoms with Crippen molar-refractivity contribution >= 4 is 32.6 Å². The van der Waals surface area contributed by atoms with Crippen molar-refractivity contribution in [2.24, 2.45) is 0 Å². The highest BCUT2D eigenvalue weighted by molar-refractivity contribution is 6.09. The minimum Gasteiger partial charge on any atom is -0.309 e. The first-order chi connectivity index (χ1) is 23.3. The molecule has 0 aliphatic rings. The van der Waals surface area contributed by atoms with Crippen LogP contribution in [0.3, 0.4) is 0 Å². The van der Waals surface area contributed by atoms with E-state index in [2.05, 4.69) is 144 Å². The van der Waals surface area contributed by atoms with Crippen LogP contribution in [-0.2, 0) is 0 Å². The Balaban J connectivity index is 1.21. The highest BCUT2D eigenvalue weighted by Crippen LogP contribution is 2.36. The number of rotatable bonds is 5. The summed E-state index contributed by atoms with van der Waals surface area (Å²) >= 11 is 0. The molecule has 9 rings (SSSR count). The Morgan fingerprint density at radius 3 is 1.57 bits per heavy atom. The maximum Gasteiger partial charge on any atom is 0.166 e. The fraction of sp³-hybridized carbons (Fsp3) is 0. The molecule has 0 saturated heterocycles. The quantitative estimate of drug-likeness (QED) is 0.197. The lowest BCUT2D eigenvalue weighted by Crippen LogP contribution is -2.03. The van der Waals surface area contributed by atoms with Crippen LogP contribution in [0.25, 0.3) is 83.6 Å². The summed E-state index contributed by atoms with van der Waals surface area (Å²) in [5.41, 5.74) is 8.45. The summed E-state index contributed by atoms with van der Waals surface area (Å²) in [5, 5.41) is 4.89. The molecule has 9 aromatic rings. The van der Waals surface area contributed by atoms with Gasteiger partial charge in [-0.05, 0) is 52.2 Å². The Hall–Kier alpha value is -6.39. The molecule has 0 bridgehead atoms. The van der Waals surface area contributed by atoms with Gasteiger partial charge in [-0.3, -0.25) is 0 Å². The zero-order chi connectivity index (χ0) is 31.2. The minimum absolute atomic E-state index is 0.630. The van der Waals surface area contributed by atoms with E-state index < -0.39 is 0 Å². The first-order valence-corrected chi connectivity index (χ1v) is 15.8. The van der Waals surface area contributed by atoms with Gasteiger partial charge in [0.2, 0.25) is 0 Å². The van der Waals surface area contributed by atoms with Crippen LogP contribution in [0, 0.1) is 0 Å². The molecule has 2 aromatic heterocycles. The standard InChI is InChI=1S/C43H28N4/c1-2-13-31(14-3-1)41-44-42(32-25-22-30(23-26-32)34-27-24-29-12-4-5-15-33(29)28-34)46-43(45-41)37-18-8-11-21-40(37)47-38-19-9-6-16-35(38)36-17-7-10-20-39(36)47/h1-28H. The summed E-state index contributed by atoms with van der Waals surface area (Å²) in [6, 6.07) is 59.2. The van der Waals surface area contributed by atoms with Gasteiger partial charge in [-0.2, -0.15) is 0 Å². The lowest BCUT2D eigenvalue weighted by Gasteiger charge is -2.14. The lowest BCUT2D eigenvalue weighted by molar-refractivity contribution is 1.06. The molecule has 0 aliphatic heterocycles. The second-order valence-electron chi connectivity index (χ2n) is 11.7. The van der Waals surface area contributed by atoms with E-state index in [4.69, 9.17) is 15.0 Å². The van der Waals surface area contributed by atoms with Gasteiger partial charge in [0.25, 0.3) is 0 Å². The number of para-hydroxylation sites is 3. The first kappa shape index (κ1) is 27.0. The number of nitrogens with zero attached hydrogens (tertiary/aromatic N) is 4. The molecule has 47 heavy (non-hydrogen) atoms. The largest absolute Gasteiger partial charge is 0.309 e. The smallest absolute Gasteiger partial charge is 0.166 e. The number of hydrogen-bond acceptors (Lipinski definition) is 3. The van der Waals surface area contributed by atoms with E-state index in [1.54, 1.807) is 0 Å². The molecule has 4 heteroatoms. The van der Waals surface area contributed by atoms with Crippen molar-refractivity contribution in [1.82, 2.24) is 19.5 Å². The zero-order valence-corrected chi connectivity index (χ0v) is 25.5. The van der Waals surface area contributed by atoms with Gasteiger partial charge < -0.3 is 4.57 Å². The predicted octanol–water partition coefficient (Wildman–Crippen LogP) is 10.8. The average molecular weight is 601 g/mol. The van der Waals surface area contributed by atoms with E-state index in [1.165, 1.54) is 27.1 Å². The van der Waals surface area contributed by atoms with Crippen LogP contribution in [0.1, 0.15) is 0 Å². The fourth-order valence-corrected chi connectivity index (χ4v) is 6.56. The molecule has 220 valence electrons. The van der Waals surface area contributed by atoms with Crippen molar-refractivity contribution in [1.29, 1.82) is 0 Å². The molecule has 7 aromatic carbocycles. The molecule has 0 atom stereocenters. The summed E-state index contributed by atoms with van der Waals surface area (Å²) < 4.78 is 2.32. The van der Waals surface area contributed by atoms with Crippen molar-refractivity contribution in [2.45, 2.75) is 0 Å². The van der Waals surface area contributed by atoms with E-state index in [-0.39, 0.29) is 0 Å². The minimum atomic E-state index is 0.630. The van der Waals surface area contributed by atoms with Crippen molar-refractivity contribution in [3.63, 3.8) is 0 Å². The number of benzene rings is 7. The molecule has 2 heterocycles. The fourth-order valence-electron chi connectivity index (χ4n) is 6.56. The van der Waals surface area contributed by atoms with Crippen LogP contribution in [0.5, 0.6) is 0 Å².